The zero-order chi connectivity index (χ0) is 18.7. The summed E-state index contributed by atoms with van der Waals surface area (Å²) in [4.78, 5) is 40.9. The van der Waals surface area contributed by atoms with Crippen LogP contribution in [-0.4, -0.2) is 53.1 Å². The number of hydrogen-bond acceptors (Lipinski definition) is 3. The molecule has 1 fully saturated rings. The molecule has 134 valence electrons. The van der Waals surface area contributed by atoms with E-state index in [0.29, 0.717) is 30.8 Å². The van der Waals surface area contributed by atoms with Gasteiger partial charge in [0.1, 0.15) is 0 Å². The number of Topliss-reactive ketones (excluding diaryl/α,β-unsaturated/α-hetero) is 1. The predicted molar refractivity (Wildman–Crippen MR) is 107 cm³/mol. The van der Waals surface area contributed by atoms with Gasteiger partial charge in [-0.3, -0.25) is 14.4 Å². The maximum atomic E-state index is 12.6. The first-order valence-electron chi connectivity index (χ1n) is 8.42. The topological polar surface area (TPSA) is 57.7 Å². The van der Waals surface area contributed by atoms with Gasteiger partial charge in [-0.1, -0.05) is 18.2 Å². The monoisotopic (exact) mass is 462 g/mol. The van der Waals surface area contributed by atoms with Gasteiger partial charge in [0.25, 0.3) is 11.8 Å². The predicted octanol–water partition coefficient (Wildman–Crippen LogP) is 2.85. The van der Waals surface area contributed by atoms with Crippen LogP contribution in [-0.2, 0) is 4.79 Å². The van der Waals surface area contributed by atoms with Crippen molar-refractivity contribution >= 4 is 40.2 Å². The molecule has 5 nitrogen and oxygen atoms in total. The van der Waals surface area contributed by atoms with E-state index < -0.39 is 11.7 Å². The fraction of sp³-hybridized carbons (Fsp3) is 0.250. The summed E-state index contributed by atoms with van der Waals surface area (Å²) in [5.74, 6) is -1.06. The number of nitrogens with zero attached hydrogens (tertiary/aromatic N) is 2. The molecular formula is C20H19IN2O3. The largest absolute Gasteiger partial charge is 0.335 e. The summed E-state index contributed by atoms with van der Waals surface area (Å²) < 4.78 is 1.01. The van der Waals surface area contributed by atoms with Crippen molar-refractivity contribution in [2.75, 3.05) is 19.6 Å². The van der Waals surface area contributed by atoms with Crippen LogP contribution in [0.4, 0.5) is 0 Å². The number of piperazine rings is 1. The van der Waals surface area contributed by atoms with Crippen molar-refractivity contribution < 1.29 is 14.4 Å². The van der Waals surface area contributed by atoms with Crippen molar-refractivity contribution in [3.05, 3.63) is 69.3 Å². The standard InChI is InChI=1S/C20H19IN2O3/c1-14-13-22(19(25)16-5-3-2-4-6-16)11-12-23(14)20(26)18(24)15-7-9-17(21)10-8-15/h2-10,14H,11-13H2,1H3. The fourth-order valence-corrected chi connectivity index (χ4v) is 3.42. The first kappa shape index (κ1) is 18.6. The Labute approximate surface area is 166 Å². The molecule has 0 bridgehead atoms. The van der Waals surface area contributed by atoms with E-state index in [4.69, 9.17) is 0 Å². The molecule has 0 aromatic heterocycles. The quantitative estimate of drug-likeness (QED) is 0.401. The summed E-state index contributed by atoms with van der Waals surface area (Å²) >= 11 is 2.15. The Balaban J connectivity index is 1.67. The van der Waals surface area contributed by atoms with E-state index in [9.17, 15) is 14.4 Å². The van der Waals surface area contributed by atoms with Crippen molar-refractivity contribution in [3.8, 4) is 0 Å². The Morgan fingerprint density at radius 3 is 2.19 bits per heavy atom. The lowest BCUT2D eigenvalue weighted by molar-refractivity contribution is -0.130. The number of halogens is 1. The minimum Gasteiger partial charge on any atom is -0.335 e. The van der Waals surface area contributed by atoms with E-state index in [1.165, 1.54) is 0 Å². The third-order valence-electron chi connectivity index (χ3n) is 4.50. The molecule has 0 aliphatic carbocycles. The Morgan fingerprint density at radius 2 is 1.58 bits per heavy atom. The second kappa shape index (κ2) is 7.99. The highest BCUT2D eigenvalue weighted by atomic mass is 127. The lowest BCUT2D eigenvalue weighted by atomic mass is 10.1. The van der Waals surface area contributed by atoms with Gasteiger partial charge in [-0.05, 0) is 65.9 Å². The van der Waals surface area contributed by atoms with Gasteiger partial charge in [0.05, 0.1) is 0 Å². The molecule has 0 N–H and O–H groups in total. The molecule has 0 saturated carbocycles. The van der Waals surface area contributed by atoms with E-state index in [-0.39, 0.29) is 11.9 Å². The molecule has 1 unspecified atom stereocenters. The molecule has 1 aliphatic heterocycles. The molecule has 1 atom stereocenters. The number of rotatable bonds is 3. The lowest BCUT2D eigenvalue weighted by Gasteiger charge is -2.39. The van der Waals surface area contributed by atoms with Gasteiger partial charge in [-0.15, -0.1) is 0 Å². The van der Waals surface area contributed by atoms with E-state index in [1.807, 2.05) is 25.1 Å². The summed E-state index contributed by atoms with van der Waals surface area (Å²) in [5.41, 5.74) is 1.03. The smallest absolute Gasteiger partial charge is 0.295 e. The van der Waals surface area contributed by atoms with Crippen molar-refractivity contribution in [2.24, 2.45) is 0 Å². The number of benzene rings is 2. The van der Waals surface area contributed by atoms with Crippen LogP contribution in [0.25, 0.3) is 0 Å². The van der Waals surface area contributed by atoms with Gasteiger partial charge in [-0.2, -0.15) is 0 Å². The van der Waals surface area contributed by atoms with Crippen LogP contribution in [0.3, 0.4) is 0 Å². The van der Waals surface area contributed by atoms with Crippen LogP contribution in [0, 0.1) is 3.57 Å². The molecule has 1 heterocycles. The Hall–Kier alpha value is -2.22. The summed E-state index contributed by atoms with van der Waals surface area (Å²) in [6.07, 6.45) is 0. The van der Waals surface area contributed by atoms with Crippen molar-refractivity contribution in [1.82, 2.24) is 9.80 Å². The molecular weight excluding hydrogens is 443 g/mol. The Bertz CT molecular complexity index is 821. The summed E-state index contributed by atoms with van der Waals surface area (Å²) in [6.45, 7) is 3.06. The number of ketones is 1. The van der Waals surface area contributed by atoms with E-state index in [2.05, 4.69) is 22.6 Å². The average Bonchev–Trinajstić information content (AvgIpc) is 2.67. The molecule has 0 radical (unpaired) electrons. The van der Waals surface area contributed by atoms with Gasteiger partial charge >= 0.3 is 0 Å². The van der Waals surface area contributed by atoms with Crippen LogP contribution >= 0.6 is 22.6 Å². The molecule has 2 aromatic rings. The van der Waals surface area contributed by atoms with Gasteiger partial charge in [0.15, 0.2) is 0 Å². The van der Waals surface area contributed by atoms with Crippen molar-refractivity contribution in [3.63, 3.8) is 0 Å². The molecule has 0 spiro atoms. The lowest BCUT2D eigenvalue weighted by Crippen LogP contribution is -2.56. The van der Waals surface area contributed by atoms with Crippen molar-refractivity contribution in [2.45, 2.75) is 13.0 Å². The Kier molecular flexibility index (Phi) is 5.70. The van der Waals surface area contributed by atoms with Gasteiger partial charge in [-0.25, -0.2) is 0 Å². The molecule has 1 aliphatic rings. The highest BCUT2D eigenvalue weighted by Gasteiger charge is 2.33. The normalized spacial score (nSPS) is 17.1. The fourth-order valence-electron chi connectivity index (χ4n) is 3.06. The van der Waals surface area contributed by atoms with E-state index in [1.54, 1.807) is 46.2 Å². The van der Waals surface area contributed by atoms with Crippen LogP contribution in [0.15, 0.2) is 54.6 Å². The highest BCUT2D eigenvalue weighted by Crippen LogP contribution is 2.16. The number of carbonyl (C=O) groups is 3. The number of carbonyl (C=O) groups excluding carboxylic acids is 3. The summed E-state index contributed by atoms with van der Waals surface area (Å²) in [6, 6.07) is 15.8. The first-order chi connectivity index (χ1) is 12.5. The number of hydrogen-bond donors (Lipinski definition) is 0. The minimum atomic E-state index is -0.509. The maximum absolute atomic E-state index is 12.6. The molecule has 1 saturated heterocycles. The van der Waals surface area contributed by atoms with Crippen LogP contribution < -0.4 is 0 Å². The molecule has 3 rings (SSSR count). The summed E-state index contributed by atoms with van der Waals surface area (Å²) in [5, 5.41) is 0. The van der Waals surface area contributed by atoms with Crippen LogP contribution in [0.1, 0.15) is 27.6 Å². The first-order valence-corrected chi connectivity index (χ1v) is 9.50. The van der Waals surface area contributed by atoms with E-state index in [0.717, 1.165) is 3.57 Å². The Morgan fingerprint density at radius 1 is 0.923 bits per heavy atom. The van der Waals surface area contributed by atoms with Gasteiger partial charge in [0.2, 0.25) is 5.78 Å². The minimum absolute atomic E-state index is 0.0477. The maximum Gasteiger partial charge on any atom is 0.295 e. The molecule has 2 amide bonds. The zero-order valence-electron chi connectivity index (χ0n) is 14.4. The van der Waals surface area contributed by atoms with Gasteiger partial charge in [0, 0.05) is 40.4 Å². The third kappa shape index (κ3) is 3.95. The second-order valence-corrected chi connectivity index (χ2v) is 7.55. The highest BCUT2D eigenvalue weighted by molar-refractivity contribution is 14.1. The second-order valence-electron chi connectivity index (χ2n) is 6.30. The number of amides is 2. The molecule has 26 heavy (non-hydrogen) atoms. The summed E-state index contributed by atoms with van der Waals surface area (Å²) in [7, 11) is 0. The molecule has 6 heteroatoms. The van der Waals surface area contributed by atoms with Crippen LogP contribution in [0.2, 0.25) is 0 Å². The van der Waals surface area contributed by atoms with Gasteiger partial charge < -0.3 is 9.80 Å². The van der Waals surface area contributed by atoms with Crippen LogP contribution in [0.5, 0.6) is 0 Å². The third-order valence-corrected chi connectivity index (χ3v) is 5.22. The zero-order valence-corrected chi connectivity index (χ0v) is 16.5. The van der Waals surface area contributed by atoms with Crippen molar-refractivity contribution in [1.29, 1.82) is 0 Å². The SMILES string of the molecule is CC1CN(C(=O)c2ccccc2)CCN1C(=O)C(=O)c1ccc(I)cc1. The van der Waals surface area contributed by atoms with E-state index >= 15 is 0 Å². The average molecular weight is 462 g/mol. The molecule has 2 aromatic carbocycles.